The number of nitrogens with one attached hydrogen (secondary N) is 1. The number of hydrogen-bond acceptors (Lipinski definition) is 2. The van der Waals surface area contributed by atoms with E-state index in [0.29, 0.717) is 5.41 Å². The van der Waals surface area contributed by atoms with Crippen LogP contribution in [0.15, 0.2) is 0 Å². The van der Waals surface area contributed by atoms with Crippen LogP contribution in [-0.2, 0) is 0 Å². The quantitative estimate of drug-likeness (QED) is 0.587. The van der Waals surface area contributed by atoms with Crippen molar-refractivity contribution in [2.75, 3.05) is 13.1 Å². The lowest BCUT2D eigenvalue weighted by Crippen LogP contribution is -2.21. The number of nitrogens with two attached hydrogens (primary N) is 1. The van der Waals surface area contributed by atoms with Gasteiger partial charge < -0.3 is 11.1 Å². The van der Waals surface area contributed by atoms with Gasteiger partial charge in [0.25, 0.3) is 0 Å². The van der Waals surface area contributed by atoms with Crippen molar-refractivity contribution in [2.45, 2.75) is 58.4 Å². The van der Waals surface area contributed by atoms with Gasteiger partial charge in [-0.05, 0) is 37.8 Å². The molecule has 0 spiro atoms. The van der Waals surface area contributed by atoms with Crippen LogP contribution in [0.4, 0.5) is 0 Å². The summed E-state index contributed by atoms with van der Waals surface area (Å²) in [5.41, 5.74) is 6.02. The monoisotopic (exact) mass is 198 g/mol. The van der Waals surface area contributed by atoms with Gasteiger partial charge in [0.15, 0.2) is 0 Å². The Kier molecular flexibility index (Phi) is 4.90. The smallest absolute Gasteiger partial charge is 0.0124 e. The molecular weight excluding hydrogens is 172 g/mol. The largest absolute Gasteiger partial charge is 0.330 e. The van der Waals surface area contributed by atoms with E-state index in [1.54, 1.807) is 0 Å². The maximum Gasteiger partial charge on any atom is 0.0124 e. The standard InChI is InChI=1S/C12H26N2/c1-12(2)10-11(12)14-9-7-5-3-4-6-8-13/h11,14H,3-10,13H2,1-2H3. The lowest BCUT2D eigenvalue weighted by Gasteiger charge is -2.06. The summed E-state index contributed by atoms with van der Waals surface area (Å²) in [7, 11) is 0. The third-order valence-corrected chi connectivity index (χ3v) is 3.29. The highest BCUT2D eigenvalue weighted by Gasteiger charge is 2.44. The van der Waals surface area contributed by atoms with Gasteiger partial charge in [0.1, 0.15) is 0 Å². The van der Waals surface area contributed by atoms with Crippen molar-refractivity contribution >= 4 is 0 Å². The summed E-state index contributed by atoms with van der Waals surface area (Å²) < 4.78 is 0. The molecule has 1 saturated carbocycles. The van der Waals surface area contributed by atoms with Gasteiger partial charge in [-0.1, -0.05) is 33.1 Å². The van der Waals surface area contributed by atoms with Crippen molar-refractivity contribution in [3.05, 3.63) is 0 Å². The molecule has 14 heavy (non-hydrogen) atoms. The molecule has 0 heterocycles. The Morgan fingerprint density at radius 1 is 1.14 bits per heavy atom. The minimum atomic E-state index is 0.583. The van der Waals surface area contributed by atoms with Crippen molar-refractivity contribution in [3.63, 3.8) is 0 Å². The Morgan fingerprint density at radius 2 is 1.71 bits per heavy atom. The van der Waals surface area contributed by atoms with E-state index < -0.39 is 0 Å². The van der Waals surface area contributed by atoms with Gasteiger partial charge in [-0.25, -0.2) is 0 Å². The van der Waals surface area contributed by atoms with Gasteiger partial charge in [-0.3, -0.25) is 0 Å². The number of rotatable bonds is 8. The van der Waals surface area contributed by atoms with Crippen LogP contribution in [0.5, 0.6) is 0 Å². The molecule has 0 saturated heterocycles. The fourth-order valence-corrected chi connectivity index (χ4v) is 1.89. The van der Waals surface area contributed by atoms with E-state index >= 15 is 0 Å². The van der Waals surface area contributed by atoms with Gasteiger partial charge in [-0.15, -0.1) is 0 Å². The van der Waals surface area contributed by atoms with Crippen LogP contribution >= 0.6 is 0 Å². The second-order valence-electron chi connectivity index (χ2n) is 5.26. The van der Waals surface area contributed by atoms with Crippen molar-refractivity contribution in [3.8, 4) is 0 Å². The molecule has 0 bridgehead atoms. The highest BCUT2D eigenvalue weighted by atomic mass is 15.0. The molecule has 3 N–H and O–H groups in total. The lowest BCUT2D eigenvalue weighted by atomic mass is 10.1. The maximum atomic E-state index is 5.43. The molecule has 0 radical (unpaired) electrons. The highest BCUT2D eigenvalue weighted by Crippen LogP contribution is 2.44. The highest BCUT2D eigenvalue weighted by molar-refractivity contribution is 5.01. The Labute approximate surface area is 88.6 Å². The molecule has 1 aliphatic rings. The Morgan fingerprint density at radius 3 is 2.29 bits per heavy atom. The minimum Gasteiger partial charge on any atom is -0.330 e. The Balaban J connectivity index is 1.77. The van der Waals surface area contributed by atoms with Crippen molar-refractivity contribution in [2.24, 2.45) is 11.1 Å². The average molecular weight is 198 g/mol. The van der Waals surface area contributed by atoms with Crippen LogP contribution in [0, 0.1) is 5.41 Å². The van der Waals surface area contributed by atoms with E-state index in [0.717, 1.165) is 12.6 Å². The Hall–Kier alpha value is -0.0800. The molecule has 0 amide bonds. The molecule has 84 valence electrons. The van der Waals surface area contributed by atoms with E-state index in [1.165, 1.54) is 45.1 Å². The van der Waals surface area contributed by atoms with Gasteiger partial charge >= 0.3 is 0 Å². The third-order valence-electron chi connectivity index (χ3n) is 3.29. The van der Waals surface area contributed by atoms with Gasteiger partial charge in [0, 0.05) is 6.04 Å². The summed E-state index contributed by atoms with van der Waals surface area (Å²) in [6.45, 7) is 6.74. The van der Waals surface area contributed by atoms with Crippen LogP contribution in [0.2, 0.25) is 0 Å². The molecule has 1 rings (SSSR count). The first-order chi connectivity index (χ1) is 6.67. The summed E-state index contributed by atoms with van der Waals surface area (Å²) in [6.07, 6.45) is 7.92. The van der Waals surface area contributed by atoms with E-state index in [4.69, 9.17) is 5.73 Å². The molecule has 1 atom stereocenters. The lowest BCUT2D eigenvalue weighted by molar-refractivity contribution is 0.518. The number of hydrogen-bond donors (Lipinski definition) is 2. The molecule has 0 aromatic heterocycles. The topological polar surface area (TPSA) is 38.0 Å². The van der Waals surface area contributed by atoms with E-state index in [-0.39, 0.29) is 0 Å². The average Bonchev–Trinajstić information content (AvgIpc) is 2.73. The summed E-state index contributed by atoms with van der Waals surface area (Å²) >= 11 is 0. The second kappa shape index (κ2) is 5.72. The summed E-state index contributed by atoms with van der Waals surface area (Å²) in [4.78, 5) is 0. The normalized spacial score (nSPS) is 23.8. The molecule has 0 aromatic rings. The van der Waals surface area contributed by atoms with Crippen molar-refractivity contribution in [1.29, 1.82) is 0 Å². The fraction of sp³-hybridized carbons (Fsp3) is 1.00. The van der Waals surface area contributed by atoms with E-state index in [2.05, 4.69) is 19.2 Å². The first-order valence-corrected chi connectivity index (χ1v) is 6.10. The van der Waals surface area contributed by atoms with Gasteiger partial charge in [-0.2, -0.15) is 0 Å². The predicted molar refractivity (Wildman–Crippen MR) is 62.3 cm³/mol. The van der Waals surface area contributed by atoms with Crippen molar-refractivity contribution < 1.29 is 0 Å². The first-order valence-electron chi connectivity index (χ1n) is 6.10. The van der Waals surface area contributed by atoms with Gasteiger partial charge in [0.2, 0.25) is 0 Å². The van der Waals surface area contributed by atoms with Crippen LogP contribution in [0.1, 0.15) is 52.4 Å². The molecule has 1 unspecified atom stereocenters. The third kappa shape index (κ3) is 4.43. The molecule has 2 nitrogen and oxygen atoms in total. The van der Waals surface area contributed by atoms with Crippen LogP contribution in [-0.4, -0.2) is 19.1 Å². The molecule has 2 heteroatoms. The second-order valence-corrected chi connectivity index (χ2v) is 5.26. The SMILES string of the molecule is CC1(C)CC1NCCCCCCCN. The van der Waals surface area contributed by atoms with Crippen molar-refractivity contribution in [1.82, 2.24) is 5.32 Å². The zero-order valence-electron chi connectivity index (χ0n) is 9.81. The molecule has 0 aromatic carbocycles. The first kappa shape index (κ1) is 12.0. The summed E-state index contributed by atoms with van der Waals surface area (Å²) in [5, 5.41) is 3.61. The zero-order valence-corrected chi connectivity index (χ0v) is 9.81. The van der Waals surface area contributed by atoms with Crippen LogP contribution < -0.4 is 11.1 Å². The maximum absolute atomic E-state index is 5.43. The van der Waals surface area contributed by atoms with Crippen LogP contribution in [0.3, 0.4) is 0 Å². The summed E-state index contributed by atoms with van der Waals surface area (Å²) in [6, 6.07) is 0.798. The van der Waals surface area contributed by atoms with Gasteiger partial charge in [0.05, 0.1) is 0 Å². The van der Waals surface area contributed by atoms with E-state index in [9.17, 15) is 0 Å². The fourth-order valence-electron chi connectivity index (χ4n) is 1.89. The molecule has 1 fully saturated rings. The number of unbranched alkanes of at least 4 members (excludes halogenated alkanes) is 4. The van der Waals surface area contributed by atoms with E-state index in [1.807, 2.05) is 0 Å². The molecule has 1 aliphatic carbocycles. The summed E-state index contributed by atoms with van der Waals surface area (Å²) in [5.74, 6) is 0. The minimum absolute atomic E-state index is 0.583. The predicted octanol–water partition coefficient (Wildman–Crippen LogP) is 2.28. The Bertz CT molecular complexity index is 154. The zero-order chi connectivity index (χ0) is 10.4. The van der Waals surface area contributed by atoms with Crippen LogP contribution in [0.25, 0.3) is 0 Å². The molecule has 0 aliphatic heterocycles. The molecular formula is C12H26N2.